The second-order valence-corrected chi connectivity index (χ2v) is 5.74. The quantitative estimate of drug-likeness (QED) is 0.536. The lowest BCUT2D eigenvalue weighted by atomic mass is 9.99. The van der Waals surface area contributed by atoms with Crippen LogP contribution in [-0.4, -0.2) is 23.8 Å². The average molecular weight is 285 g/mol. The van der Waals surface area contributed by atoms with Gasteiger partial charge in [-0.3, -0.25) is 0 Å². The van der Waals surface area contributed by atoms with E-state index in [1.54, 1.807) is 12.1 Å². The highest BCUT2D eigenvalue weighted by Crippen LogP contribution is 2.27. The van der Waals surface area contributed by atoms with Gasteiger partial charge in [0.25, 0.3) is 0 Å². The predicted molar refractivity (Wildman–Crippen MR) is 79.2 cm³/mol. The average Bonchev–Trinajstić information content (AvgIpc) is 2.34. The minimum absolute atomic E-state index is 0.554. The van der Waals surface area contributed by atoms with E-state index in [1.807, 2.05) is 6.07 Å². The molecule has 0 unspecified atom stereocenters. The summed E-state index contributed by atoms with van der Waals surface area (Å²) in [5, 5.41) is 1.12. The Balaban J connectivity index is 2.09. The molecule has 1 heterocycles. The highest BCUT2D eigenvalue weighted by atomic mass is 35.5. The van der Waals surface area contributed by atoms with Crippen molar-refractivity contribution < 1.29 is 0 Å². The molecule has 1 aliphatic rings. The molecule has 4 heteroatoms. The van der Waals surface area contributed by atoms with Crippen LogP contribution in [0, 0.1) is 5.92 Å². The first-order valence-electron chi connectivity index (χ1n) is 6.31. The van der Waals surface area contributed by atoms with Crippen LogP contribution in [0.25, 0.3) is 0 Å². The number of piperidine rings is 1. The van der Waals surface area contributed by atoms with Crippen LogP contribution in [0.4, 0.5) is 5.69 Å². The molecular weight excluding hydrogens is 267 g/mol. The van der Waals surface area contributed by atoms with Crippen molar-refractivity contribution in [2.24, 2.45) is 10.9 Å². The molecule has 0 amide bonds. The molecule has 1 aliphatic heterocycles. The van der Waals surface area contributed by atoms with Crippen molar-refractivity contribution in [2.45, 2.75) is 26.7 Å². The van der Waals surface area contributed by atoms with E-state index in [2.05, 4.69) is 23.7 Å². The molecule has 1 aromatic rings. The van der Waals surface area contributed by atoms with Crippen LogP contribution >= 0.6 is 23.2 Å². The fourth-order valence-corrected chi connectivity index (χ4v) is 2.44. The first-order valence-corrected chi connectivity index (χ1v) is 7.07. The van der Waals surface area contributed by atoms with E-state index < -0.39 is 0 Å². The molecule has 0 bridgehead atoms. The predicted octanol–water partition coefficient (Wildman–Crippen LogP) is 4.78. The van der Waals surface area contributed by atoms with Crippen molar-refractivity contribution in [2.75, 3.05) is 13.1 Å². The van der Waals surface area contributed by atoms with Gasteiger partial charge in [-0.25, -0.2) is 4.99 Å². The Morgan fingerprint density at radius 1 is 1.22 bits per heavy atom. The lowest BCUT2D eigenvalue weighted by Gasteiger charge is -2.31. The fraction of sp³-hybridized carbons (Fsp3) is 0.500. The molecule has 1 fully saturated rings. The maximum atomic E-state index is 5.99. The van der Waals surface area contributed by atoms with Gasteiger partial charge in [-0.15, -0.1) is 0 Å². The molecule has 18 heavy (non-hydrogen) atoms. The van der Waals surface area contributed by atoms with Crippen molar-refractivity contribution in [3.8, 4) is 0 Å². The van der Waals surface area contributed by atoms with Gasteiger partial charge in [-0.1, -0.05) is 30.1 Å². The van der Waals surface area contributed by atoms with Gasteiger partial charge in [0, 0.05) is 13.1 Å². The fourth-order valence-electron chi connectivity index (χ4n) is 2.14. The van der Waals surface area contributed by atoms with Gasteiger partial charge >= 0.3 is 0 Å². The Hall–Kier alpha value is -0.730. The molecular formula is C14H18Cl2N2. The van der Waals surface area contributed by atoms with Crippen LogP contribution in [0.5, 0.6) is 0 Å². The van der Waals surface area contributed by atoms with Crippen LogP contribution < -0.4 is 0 Å². The molecule has 0 saturated carbocycles. The summed E-state index contributed by atoms with van der Waals surface area (Å²) < 4.78 is 0. The van der Waals surface area contributed by atoms with Crippen LogP contribution in [0.2, 0.25) is 10.0 Å². The third-order valence-corrected chi connectivity index (χ3v) is 4.17. The summed E-state index contributed by atoms with van der Waals surface area (Å²) in [6.45, 7) is 6.55. The molecule has 0 radical (unpaired) electrons. The molecule has 98 valence electrons. The topological polar surface area (TPSA) is 15.6 Å². The Bertz CT molecular complexity index is 449. The van der Waals surface area contributed by atoms with E-state index in [0.29, 0.717) is 10.0 Å². The molecule has 1 aromatic carbocycles. The van der Waals surface area contributed by atoms with Gasteiger partial charge in [-0.05, 0) is 43.9 Å². The monoisotopic (exact) mass is 284 g/mol. The minimum Gasteiger partial charge on any atom is -0.360 e. The summed E-state index contributed by atoms with van der Waals surface area (Å²) in [6, 6.07) is 5.48. The maximum absolute atomic E-state index is 5.99. The second kappa shape index (κ2) is 5.94. The molecule has 0 spiro atoms. The van der Waals surface area contributed by atoms with Crippen molar-refractivity contribution in [1.82, 2.24) is 4.90 Å². The first-order chi connectivity index (χ1) is 8.56. The SMILES string of the molecule is CC(=Nc1ccc(Cl)c(Cl)c1)N1CCC(C)CC1. The summed E-state index contributed by atoms with van der Waals surface area (Å²) >= 11 is 11.9. The number of nitrogens with zero attached hydrogens (tertiary/aromatic N) is 2. The summed E-state index contributed by atoms with van der Waals surface area (Å²) in [7, 11) is 0. The summed E-state index contributed by atoms with van der Waals surface area (Å²) in [5.74, 6) is 1.89. The summed E-state index contributed by atoms with van der Waals surface area (Å²) in [4.78, 5) is 6.94. The second-order valence-electron chi connectivity index (χ2n) is 4.93. The Kier molecular flexibility index (Phi) is 4.52. The molecule has 2 rings (SSSR count). The number of rotatable bonds is 1. The van der Waals surface area contributed by atoms with Gasteiger partial charge in [0.1, 0.15) is 5.84 Å². The lowest BCUT2D eigenvalue weighted by Crippen LogP contribution is -2.36. The molecule has 1 saturated heterocycles. The third-order valence-electron chi connectivity index (χ3n) is 3.44. The molecule has 0 aromatic heterocycles. The molecule has 2 nitrogen and oxygen atoms in total. The van der Waals surface area contributed by atoms with Gasteiger partial charge in [0.05, 0.1) is 15.7 Å². The van der Waals surface area contributed by atoms with E-state index in [4.69, 9.17) is 23.2 Å². The molecule has 0 aliphatic carbocycles. The zero-order valence-corrected chi connectivity index (χ0v) is 12.3. The van der Waals surface area contributed by atoms with Crippen molar-refractivity contribution in [3.05, 3.63) is 28.2 Å². The van der Waals surface area contributed by atoms with Crippen molar-refractivity contribution >= 4 is 34.7 Å². The molecule has 0 atom stereocenters. The smallest absolute Gasteiger partial charge is 0.102 e. The summed E-state index contributed by atoms with van der Waals surface area (Å²) in [5.41, 5.74) is 0.862. The first kappa shape index (κ1) is 13.7. The van der Waals surface area contributed by atoms with E-state index in [-0.39, 0.29) is 0 Å². The molecule has 0 N–H and O–H groups in total. The van der Waals surface area contributed by atoms with Crippen LogP contribution in [-0.2, 0) is 0 Å². The largest absolute Gasteiger partial charge is 0.360 e. The number of aliphatic imine (C=N–C) groups is 1. The minimum atomic E-state index is 0.554. The number of hydrogen-bond donors (Lipinski definition) is 0. The van der Waals surface area contributed by atoms with Crippen molar-refractivity contribution in [3.63, 3.8) is 0 Å². The number of amidine groups is 1. The normalized spacial score (nSPS) is 18.2. The highest BCUT2D eigenvalue weighted by molar-refractivity contribution is 6.42. The number of likely N-dealkylation sites (tertiary alicyclic amines) is 1. The zero-order chi connectivity index (χ0) is 13.1. The van der Waals surface area contributed by atoms with Crippen LogP contribution in [0.15, 0.2) is 23.2 Å². The van der Waals surface area contributed by atoms with E-state index in [9.17, 15) is 0 Å². The van der Waals surface area contributed by atoms with Crippen LogP contribution in [0.1, 0.15) is 26.7 Å². The van der Waals surface area contributed by atoms with E-state index in [1.165, 1.54) is 12.8 Å². The van der Waals surface area contributed by atoms with E-state index >= 15 is 0 Å². The number of benzene rings is 1. The Labute approximate surface area is 119 Å². The van der Waals surface area contributed by atoms with Gasteiger partial charge in [-0.2, -0.15) is 0 Å². The standard InChI is InChI=1S/C14H18Cl2N2/c1-10-5-7-18(8-6-10)11(2)17-12-3-4-13(15)14(16)9-12/h3-4,9-10H,5-8H2,1-2H3. The third kappa shape index (κ3) is 3.39. The zero-order valence-electron chi connectivity index (χ0n) is 10.8. The van der Waals surface area contributed by atoms with Crippen LogP contribution in [0.3, 0.4) is 0 Å². The van der Waals surface area contributed by atoms with E-state index in [0.717, 1.165) is 30.5 Å². The Morgan fingerprint density at radius 2 is 1.89 bits per heavy atom. The maximum Gasteiger partial charge on any atom is 0.102 e. The van der Waals surface area contributed by atoms with Gasteiger partial charge in [0.2, 0.25) is 0 Å². The van der Waals surface area contributed by atoms with Gasteiger partial charge < -0.3 is 4.90 Å². The lowest BCUT2D eigenvalue weighted by molar-refractivity contribution is 0.279. The highest BCUT2D eigenvalue weighted by Gasteiger charge is 2.16. The Morgan fingerprint density at radius 3 is 2.50 bits per heavy atom. The number of halogens is 2. The van der Waals surface area contributed by atoms with Gasteiger partial charge in [0.15, 0.2) is 0 Å². The number of hydrogen-bond acceptors (Lipinski definition) is 1. The van der Waals surface area contributed by atoms with Crippen molar-refractivity contribution in [1.29, 1.82) is 0 Å². The summed E-state index contributed by atoms with van der Waals surface area (Å²) in [6.07, 6.45) is 2.49.